The van der Waals surface area contributed by atoms with Crippen molar-refractivity contribution in [3.63, 3.8) is 0 Å². The second-order valence-corrected chi connectivity index (χ2v) is 6.33. The van der Waals surface area contributed by atoms with E-state index in [-0.39, 0.29) is 19.3 Å². The normalized spacial score (nSPS) is 46.0. The molecule has 2 fully saturated rings. The Bertz CT molecular complexity index is 263. The molecule has 0 heterocycles. The summed E-state index contributed by atoms with van der Waals surface area (Å²) in [5.74, 6) is 0.322. The smallest absolute Gasteiger partial charge is 0.0727 e. The third kappa shape index (κ3) is 2.44. The Labute approximate surface area is 109 Å². The van der Waals surface area contributed by atoms with Gasteiger partial charge in [0.05, 0.1) is 18.3 Å². The SMILES string of the molecule is OCC1CCC(CO)(C2(O)CCC(O)CC2)CC1. The van der Waals surface area contributed by atoms with Crippen LogP contribution in [0, 0.1) is 11.3 Å². The molecule has 0 aromatic rings. The van der Waals surface area contributed by atoms with E-state index in [1.54, 1.807) is 0 Å². The van der Waals surface area contributed by atoms with Crippen LogP contribution in [0.15, 0.2) is 0 Å². The van der Waals surface area contributed by atoms with Crippen molar-refractivity contribution < 1.29 is 20.4 Å². The van der Waals surface area contributed by atoms with E-state index in [0.717, 1.165) is 25.7 Å². The van der Waals surface area contributed by atoms with Crippen molar-refractivity contribution in [3.05, 3.63) is 0 Å². The number of aliphatic hydroxyl groups is 4. The lowest BCUT2D eigenvalue weighted by atomic mass is 9.57. The van der Waals surface area contributed by atoms with Crippen LogP contribution >= 0.6 is 0 Å². The highest BCUT2D eigenvalue weighted by Crippen LogP contribution is 2.51. The van der Waals surface area contributed by atoms with Crippen LogP contribution < -0.4 is 0 Å². The van der Waals surface area contributed by atoms with E-state index < -0.39 is 11.0 Å². The summed E-state index contributed by atoms with van der Waals surface area (Å²) in [7, 11) is 0. The monoisotopic (exact) mass is 258 g/mol. The van der Waals surface area contributed by atoms with E-state index in [4.69, 9.17) is 0 Å². The minimum atomic E-state index is -0.832. The summed E-state index contributed by atoms with van der Waals surface area (Å²) in [5, 5.41) is 39.4. The Morgan fingerprint density at radius 3 is 1.89 bits per heavy atom. The molecule has 18 heavy (non-hydrogen) atoms. The van der Waals surface area contributed by atoms with Crippen molar-refractivity contribution >= 4 is 0 Å². The summed E-state index contributed by atoms with van der Waals surface area (Å²) in [4.78, 5) is 0. The Morgan fingerprint density at radius 1 is 0.889 bits per heavy atom. The second kappa shape index (κ2) is 5.45. The van der Waals surface area contributed by atoms with Crippen LogP contribution in [0.4, 0.5) is 0 Å². The molecular weight excluding hydrogens is 232 g/mol. The molecule has 2 aliphatic rings. The molecule has 0 spiro atoms. The van der Waals surface area contributed by atoms with Crippen LogP contribution in [0.2, 0.25) is 0 Å². The van der Waals surface area contributed by atoms with E-state index in [1.165, 1.54) is 0 Å². The van der Waals surface area contributed by atoms with E-state index in [2.05, 4.69) is 0 Å². The van der Waals surface area contributed by atoms with E-state index in [9.17, 15) is 20.4 Å². The summed E-state index contributed by atoms with van der Waals surface area (Å²) in [6, 6.07) is 0. The highest BCUT2D eigenvalue weighted by atomic mass is 16.3. The van der Waals surface area contributed by atoms with Gasteiger partial charge in [0.15, 0.2) is 0 Å². The number of hydrogen-bond acceptors (Lipinski definition) is 4. The molecule has 0 saturated heterocycles. The Balaban J connectivity index is 2.08. The topological polar surface area (TPSA) is 80.9 Å². The van der Waals surface area contributed by atoms with E-state index in [0.29, 0.717) is 31.6 Å². The third-order valence-corrected chi connectivity index (χ3v) is 5.39. The number of aliphatic hydroxyl groups excluding tert-OH is 3. The zero-order chi connectivity index (χ0) is 13.2. The van der Waals surface area contributed by atoms with Gasteiger partial charge in [0.2, 0.25) is 0 Å². The number of rotatable bonds is 3. The van der Waals surface area contributed by atoms with Crippen molar-refractivity contribution in [1.82, 2.24) is 0 Å². The van der Waals surface area contributed by atoms with Gasteiger partial charge in [0.25, 0.3) is 0 Å². The van der Waals surface area contributed by atoms with Crippen molar-refractivity contribution in [2.24, 2.45) is 11.3 Å². The molecule has 106 valence electrons. The third-order valence-electron chi connectivity index (χ3n) is 5.39. The minimum absolute atomic E-state index is 0.0117. The molecular formula is C14H26O4. The molecule has 0 amide bonds. The summed E-state index contributed by atoms with van der Waals surface area (Å²) in [5.41, 5.74) is -1.25. The molecule has 0 unspecified atom stereocenters. The summed E-state index contributed by atoms with van der Waals surface area (Å²) in [6.45, 7) is 0.219. The summed E-state index contributed by atoms with van der Waals surface area (Å²) < 4.78 is 0. The summed E-state index contributed by atoms with van der Waals surface area (Å²) >= 11 is 0. The maximum absolute atomic E-state index is 10.9. The molecule has 2 rings (SSSR count). The van der Waals surface area contributed by atoms with E-state index in [1.807, 2.05) is 0 Å². The first-order valence-corrected chi connectivity index (χ1v) is 7.17. The minimum Gasteiger partial charge on any atom is -0.396 e. The molecule has 0 radical (unpaired) electrons. The average molecular weight is 258 g/mol. The molecule has 0 aromatic heterocycles. The lowest BCUT2D eigenvalue weighted by molar-refractivity contribution is -0.162. The maximum atomic E-state index is 10.9. The average Bonchev–Trinajstić information content (AvgIpc) is 2.42. The fourth-order valence-corrected chi connectivity index (χ4v) is 3.79. The van der Waals surface area contributed by atoms with Gasteiger partial charge in [-0.2, -0.15) is 0 Å². The van der Waals surface area contributed by atoms with Gasteiger partial charge >= 0.3 is 0 Å². The molecule has 2 saturated carbocycles. The van der Waals surface area contributed by atoms with Crippen LogP contribution in [0.3, 0.4) is 0 Å². The van der Waals surface area contributed by atoms with Gasteiger partial charge in [0, 0.05) is 12.0 Å². The molecule has 4 nitrogen and oxygen atoms in total. The molecule has 0 bridgehead atoms. The maximum Gasteiger partial charge on any atom is 0.0727 e. The van der Waals surface area contributed by atoms with Gasteiger partial charge in [0.1, 0.15) is 0 Å². The predicted octanol–water partition coefficient (Wildman–Crippen LogP) is 0.814. The first-order chi connectivity index (χ1) is 8.55. The van der Waals surface area contributed by atoms with Crippen LogP contribution in [0.1, 0.15) is 51.4 Å². The van der Waals surface area contributed by atoms with Crippen LogP contribution in [-0.4, -0.2) is 45.3 Å². The van der Waals surface area contributed by atoms with Crippen LogP contribution in [-0.2, 0) is 0 Å². The highest BCUT2D eigenvalue weighted by molar-refractivity contribution is 5.03. The lowest BCUT2D eigenvalue weighted by Crippen LogP contribution is -2.54. The van der Waals surface area contributed by atoms with Gasteiger partial charge in [-0.1, -0.05) is 0 Å². The first-order valence-electron chi connectivity index (χ1n) is 7.17. The number of hydrogen-bond donors (Lipinski definition) is 4. The highest BCUT2D eigenvalue weighted by Gasteiger charge is 2.52. The Kier molecular flexibility index (Phi) is 4.32. The largest absolute Gasteiger partial charge is 0.396 e. The quantitative estimate of drug-likeness (QED) is 0.604. The van der Waals surface area contributed by atoms with E-state index >= 15 is 0 Å². The lowest BCUT2D eigenvalue weighted by Gasteiger charge is -2.52. The first kappa shape index (κ1) is 14.3. The standard InChI is InChI=1S/C14H26O4/c15-9-11-1-5-13(10-16,6-2-11)14(18)7-3-12(17)4-8-14/h11-12,15-18H,1-10H2. The fraction of sp³-hybridized carbons (Fsp3) is 1.00. The van der Waals surface area contributed by atoms with Crippen LogP contribution in [0.5, 0.6) is 0 Å². The van der Waals surface area contributed by atoms with Gasteiger partial charge < -0.3 is 20.4 Å². The zero-order valence-corrected chi connectivity index (χ0v) is 11.0. The fourth-order valence-electron chi connectivity index (χ4n) is 3.79. The van der Waals surface area contributed by atoms with Gasteiger partial charge in [-0.15, -0.1) is 0 Å². The van der Waals surface area contributed by atoms with Gasteiger partial charge in [-0.3, -0.25) is 0 Å². The Morgan fingerprint density at radius 2 is 1.44 bits per heavy atom. The van der Waals surface area contributed by atoms with Crippen molar-refractivity contribution in [3.8, 4) is 0 Å². The zero-order valence-electron chi connectivity index (χ0n) is 11.0. The van der Waals surface area contributed by atoms with Crippen molar-refractivity contribution in [2.45, 2.75) is 63.1 Å². The second-order valence-electron chi connectivity index (χ2n) is 6.33. The van der Waals surface area contributed by atoms with Gasteiger partial charge in [-0.25, -0.2) is 0 Å². The molecule has 4 heteroatoms. The summed E-state index contributed by atoms with van der Waals surface area (Å²) in [6.07, 6.45) is 5.43. The molecule has 0 atom stereocenters. The van der Waals surface area contributed by atoms with Gasteiger partial charge in [-0.05, 0) is 57.3 Å². The Hall–Kier alpha value is -0.160. The molecule has 0 aromatic carbocycles. The predicted molar refractivity (Wildman–Crippen MR) is 68.0 cm³/mol. The molecule has 2 aliphatic carbocycles. The molecule has 4 N–H and O–H groups in total. The van der Waals surface area contributed by atoms with Crippen molar-refractivity contribution in [1.29, 1.82) is 0 Å². The van der Waals surface area contributed by atoms with Crippen LogP contribution in [0.25, 0.3) is 0 Å². The molecule has 0 aliphatic heterocycles. The van der Waals surface area contributed by atoms with Crippen molar-refractivity contribution in [2.75, 3.05) is 13.2 Å².